The fourth-order valence-electron chi connectivity index (χ4n) is 2.53. The fourth-order valence-corrected chi connectivity index (χ4v) is 2.78. The minimum Gasteiger partial charge on any atom is -0.325 e. The number of likely N-dealkylation sites (tertiary alicyclic amines) is 1. The summed E-state index contributed by atoms with van der Waals surface area (Å²) in [5.74, 6) is 0.597. The fraction of sp³-hybridized carbons (Fsp3) is 0.643. The molecule has 1 atom stereocenters. The lowest BCUT2D eigenvalue weighted by Gasteiger charge is -2.32. The first-order chi connectivity index (χ1) is 9.16. The molecule has 0 saturated carbocycles. The third-order valence-electron chi connectivity index (χ3n) is 3.80. The molecule has 1 fully saturated rings. The Morgan fingerprint density at radius 3 is 2.63 bits per heavy atom. The van der Waals surface area contributed by atoms with Gasteiger partial charge in [0.2, 0.25) is 0 Å². The first-order valence-corrected chi connectivity index (χ1v) is 7.71. The van der Waals surface area contributed by atoms with Crippen LogP contribution < -0.4 is 5.73 Å². The first kappa shape index (κ1) is 15.0. The SMILES string of the molecule is NC(CCN1CCC(c2ccccn2)CC1)C(Cl)Cl. The van der Waals surface area contributed by atoms with Gasteiger partial charge in [-0.15, -0.1) is 23.2 Å². The van der Waals surface area contributed by atoms with Gasteiger partial charge in [-0.25, -0.2) is 0 Å². The summed E-state index contributed by atoms with van der Waals surface area (Å²) in [5, 5.41) is 0. The molecule has 5 heteroatoms. The Kier molecular flexibility index (Phi) is 5.89. The molecule has 19 heavy (non-hydrogen) atoms. The van der Waals surface area contributed by atoms with Crippen LogP contribution in [0, 0.1) is 0 Å². The van der Waals surface area contributed by atoms with Crippen LogP contribution in [0.2, 0.25) is 0 Å². The van der Waals surface area contributed by atoms with Gasteiger partial charge in [-0.3, -0.25) is 4.98 Å². The van der Waals surface area contributed by atoms with Gasteiger partial charge in [0.25, 0.3) is 0 Å². The van der Waals surface area contributed by atoms with Crippen molar-refractivity contribution in [3.8, 4) is 0 Å². The van der Waals surface area contributed by atoms with Crippen LogP contribution in [0.4, 0.5) is 0 Å². The quantitative estimate of drug-likeness (QED) is 0.851. The summed E-state index contributed by atoms with van der Waals surface area (Å²) in [6.45, 7) is 3.18. The van der Waals surface area contributed by atoms with Gasteiger partial charge >= 0.3 is 0 Å². The third-order valence-corrected chi connectivity index (χ3v) is 4.44. The van der Waals surface area contributed by atoms with Crippen molar-refractivity contribution >= 4 is 23.2 Å². The monoisotopic (exact) mass is 301 g/mol. The van der Waals surface area contributed by atoms with Crippen molar-refractivity contribution in [1.82, 2.24) is 9.88 Å². The van der Waals surface area contributed by atoms with E-state index < -0.39 is 4.84 Å². The Labute approximate surface area is 125 Å². The number of piperidine rings is 1. The van der Waals surface area contributed by atoms with Crippen molar-refractivity contribution in [2.24, 2.45) is 5.73 Å². The molecule has 0 spiro atoms. The Hall–Kier alpha value is -0.350. The predicted molar refractivity (Wildman–Crippen MR) is 80.7 cm³/mol. The van der Waals surface area contributed by atoms with Gasteiger partial charge in [-0.1, -0.05) is 6.07 Å². The summed E-state index contributed by atoms with van der Waals surface area (Å²) >= 11 is 11.5. The van der Waals surface area contributed by atoms with Gasteiger partial charge in [0.15, 0.2) is 0 Å². The van der Waals surface area contributed by atoms with Crippen LogP contribution in [-0.2, 0) is 0 Å². The highest BCUT2D eigenvalue weighted by Crippen LogP contribution is 2.26. The molecule has 1 saturated heterocycles. The molecule has 0 bridgehead atoms. The normalized spacial score (nSPS) is 19.8. The molecule has 0 amide bonds. The summed E-state index contributed by atoms with van der Waals surface area (Å²) in [5.41, 5.74) is 7.07. The molecule has 0 radical (unpaired) electrons. The third kappa shape index (κ3) is 4.60. The second-order valence-corrected chi connectivity index (χ2v) is 6.32. The molecule has 0 aliphatic carbocycles. The number of nitrogens with zero attached hydrogens (tertiary/aromatic N) is 2. The second kappa shape index (κ2) is 7.44. The van der Waals surface area contributed by atoms with Crippen molar-refractivity contribution in [1.29, 1.82) is 0 Å². The molecule has 1 aromatic heterocycles. The molecule has 106 valence electrons. The zero-order chi connectivity index (χ0) is 13.7. The summed E-state index contributed by atoms with van der Waals surface area (Å²) in [7, 11) is 0. The van der Waals surface area contributed by atoms with Gasteiger partial charge in [-0.05, 0) is 51.0 Å². The van der Waals surface area contributed by atoms with Crippen LogP contribution in [0.1, 0.15) is 30.9 Å². The molecule has 1 aliphatic rings. The molecule has 1 unspecified atom stereocenters. The molecule has 1 aliphatic heterocycles. The van der Waals surface area contributed by atoms with Crippen LogP contribution >= 0.6 is 23.2 Å². The van der Waals surface area contributed by atoms with Crippen molar-refractivity contribution in [2.75, 3.05) is 19.6 Å². The minimum absolute atomic E-state index is 0.128. The minimum atomic E-state index is -0.467. The summed E-state index contributed by atoms with van der Waals surface area (Å²) < 4.78 is 0. The van der Waals surface area contributed by atoms with E-state index in [9.17, 15) is 0 Å². The number of alkyl halides is 2. The van der Waals surface area contributed by atoms with Crippen molar-refractivity contribution in [3.63, 3.8) is 0 Å². The van der Waals surface area contributed by atoms with E-state index in [0.29, 0.717) is 5.92 Å². The highest BCUT2D eigenvalue weighted by Gasteiger charge is 2.22. The van der Waals surface area contributed by atoms with Crippen LogP contribution in [-0.4, -0.2) is 40.4 Å². The molecular formula is C14H21Cl2N3. The maximum absolute atomic E-state index is 5.85. The summed E-state index contributed by atoms with van der Waals surface area (Å²) in [4.78, 5) is 6.42. The zero-order valence-electron chi connectivity index (χ0n) is 11.0. The van der Waals surface area contributed by atoms with Crippen LogP contribution in [0.5, 0.6) is 0 Å². The number of rotatable bonds is 5. The highest BCUT2D eigenvalue weighted by atomic mass is 35.5. The topological polar surface area (TPSA) is 42.1 Å². The maximum Gasteiger partial charge on any atom is 0.122 e. The summed E-state index contributed by atoms with van der Waals surface area (Å²) in [6, 6.07) is 6.03. The Morgan fingerprint density at radius 1 is 1.32 bits per heavy atom. The number of aromatic nitrogens is 1. The lowest BCUT2D eigenvalue weighted by molar-refractivity contribution is 0.205. The Bertz CT molecular complexity index is 364. The van der Waals surface area contributed by atoms with Gasteiger partial charge < -0.3 is 10.6 Å². The van der Waals surface area contributed by atoms with Crippen molar-refractivity contribution in [3.05, 3.63) is 30.1 Å². The molecule has 2 heterocycles. The van der Waals surface area contributed by atoms with E-state index in [2.05, 4.69) is 22.0 Å². The van der Waals surface area contributed by atoms with Crippen LogP contribution in [0.3, 0.4) is 0 Å². The average Bonchev–Trinajstić information content (AvgIpc) is 2.46. The molecule has 3 nitrogen and oxygen atoms in total. The van der Waals surface area contributed by atoms with Crippen LogP contribution in [0.25, 0.3) is 0 Å². The Balaban J connectivity index is 1.74. The highest BCUT2D eigenvalue weighted by molar-refractivity contribution is 6.44. The maximum atomic E-state index is 5.85. The van der Waals surface area contributed by atoms with E-state index in [1.807, 2.05) is 12.3 Å². The standard InChI is InChI=1S/C14H21Cl2N3/c15-14(16)12(17)6-10-19-8-4-11(5-9-19)13-3-1-2-7-18-13/h1-3,7,11-12,14H,4-6,8-10,17H2. The van der Waals surface area contributed by atoms with Gasteiger partial charge in [0.05, 0.1) is 0 Å². The molecule has 2 N–H and O–H groups in total. The Morgan fingerprint density at radius 2 is 2.05 bits per heavy atom. The van der Waals surface area contributed by atoms with E-state index in [4.69, 9.17) is 28.9 Å². The van der Waals surface area contributed by atoms with Gasteiger partial charge in [0.1, 0.15) is 4.84 Å². The second-order valence-electron chi connectivity index (χ2n) is 5.16. The molecule has 1 aromatic rings. The zero-order valence-corrected chi connectivity index (χ0v) is 12.5. The van der Waals surface area contributed by atoms with E-state index in [1.54, 1.807) is 0 Å². The average molecular weight is 302 g/mol. The smallest absolute Gasteiger partial charge is 0.122 e. The molecule has 2 rings (SSSR count). The van der Waals surface area contributed by atoms with Crippen LogP contribution in [0.15, 0.2) is 24.4 Å². The van der Waals surface area contributed by atoms with E-state index in [-0.39, 0.29) is 6.04 Å². The van der Waals surface area contributed by atoms with Gasteiger partial charge in [-0.2, -0.15) is 0 Å². The van der Waals surface area contributed by atoms with Crippen molar-refractivity contribution in [2.45, 2.75) is 36.1 Å². The summed E-state index contributed by atoms with van der Waals surface area (Å²) in [6.07, 6.45) is 5.06. The molecular weight excluding hydrogens is 281 g/mol. The van der Waals surface area contributed by atoms with Crippen molar-refractivity contribution < 1.29 is 0 Å². The lowest BCUT2D eigenvalue weighted by atomic mass is 9.93. The van der Waals surface area contributed by atoms with Gasteiger partial charge in [0, 0.05) is 23.9 Å². The predicted octanol–water partition coefficient (Wildman–Crippen LogP) is 2.78. The van der Waals surface area contributed by atoms with E-state index >= 15 is 0 Å². The van der Waals surface area contributed by atoms with E-state index in [1.165, 1.54) is 5.69 Å². The number of hydrogen-bond donors (Lipinski definition) is 1. The number of hydrogen-bond acceptors (Lipinski definition) is 3. The lowest BCUT2D eigenvalue weighted by Crippen LogP contribution is -2.38. The largest absolute Gasteiger partial charge is 0.325 e. The van der Waals surface area contributed by atoms with E-state index in [0.717, 1.165) is 38.9 Å². The number of nitrogens with two attached hydrogens (primary N) is 1. The molecule has 0 aromatic carbocycles. The number of pyridine rings is 1. The first-order valence-electron chi connectivity index (χ1n) is 6.84. The number of halogens is 2.